The summed E-state index contributed by atoms with van der Waals surface area (Å²) in [5, 5.41) is 3.31. The van der Waals surface area contributed by atoms with Crippen LogP contribution >= 0.6 is 0 Å². The lowest BCUT2D eigenvalue weighted by molar-refractivity contribution is 0.261. The number of hydrogen-bond donors (Lipinski definition) is 1. The van der Waals surface area contributed by atoms with Gasteiger partial charge in [0.15, 0.2) is 0 Å². The fraction of sp³-hybridized carbons (Fsp3) is 1.00. The van der Waals surface area contributed by atoms with E-state index in [2.05, 4.69) is 12.2 Å². The first-order valence-corrected chi connectivity index (χ1v) is 8.39. The van der Waals surface area contributed by atoms with Crippen molar-refractivity contribution >= 4 is 10.0 Å². The Morgan fingerprint density at radius 2 is 2.12 bits per heavy atom. The Morgan fingerprint density at radius 3 is 2.76 bits per heavy atom. The van der Waals surface area contributed by atoms with Gasteiger partial charge in [-0.1, -0.05) is 20.3 Å². The predicted octanol–water partition coefficient (Wildman–Crippen LogP) is 1.44. The summed E-state index contributed by atoms with van der Waals surface area (Å²) >= 11 is 0. The van der Waals surface area contributed by atoms with E-state index in [1.165, 1.54) is 0 Å². The Hall–Kier alpha value is -0.130. The Morgan fingerprint density at radius 1 is 1.35 bits per heavy atom. The van der Waals surface area contributed by atoms with Crippen molar-refractivity contribution < 1.29 is 8.42 Å². The van der Waals surface area contributed by atoms with Crippen LogP contribution in [0.15, 0.2) is 0 Å². The van der Waals surface area contributed by atoms with Gasteiger partial charge in [-0.15, -0.1) is 0 Å². The van der Waals surface area contributed by atoms with Crippen molar-refractivity contribution in [3.05, 3.63) is 0 Å². The molecular formula is C12H26N2O2S. The van der Waals surface area contributed by atoms with E-state index in [1.807, 2.05) is 6.92 Å². The molecule has 4 nitrogen and oxygen atoms in total. The first kappa shape index (κ1) is 14.9. The first-order chi connectivity index (χ1) is 8.10. The normalized spacial score (nSPS) is 22.8. The number of rotatable bonds is 7. The lowest BCUT2D eigenvalue weighted by Gasteiger charge is -2.32. The molecule has 0 radical (unpaired) electrons. The molecule has 0 aromatic carbocycles. The van der Waals surface area contributed by atoms with Crippen LogP contribution in [-0.4, -0.2) is 44.7 Å². The maximum Gasteiger partial charge on any atom is 0.214 e. The molecule has 0 amide bonds. The third-order valence-corrected chi connectivity index (χ3v) is 5.24. The highest BCUT2D eigenvalue weighted by Gasteiger charge is 2.27. The summed E-state index contributed by atoms with van der Waals surface area (Å²) in [4.78, 5) is 0. The standard InChI is InChI=1S/C12H26N2O2S/c1-3-5-9-17(15,16)14-8-6-7-12(11-14)10-13-4-2/h12-13H,3-11H2,1-2H3. The average Bonchev–Trinajstić information content (AvgIpc) is 2.34. The smallest absolute Gasteiger partial charge is 0.214 e. The minimum Gasteiger partial charge on any atom is -0.317 e. The zero-order valence-corrected chi connectivity index (χ0v) is 11.9. The number of piperidine rings is 1. The molecule has 1 heterocycles. The van der Waals surface area contributed by atoms with Crippen LogP contribution in [0.2, 0.25) is 0 Å². The van der Waals surface area contributed by atoms with E-state index in [1.54, 1.807) is 4.31 Å². The lowest BCUT2D eigenvalue weighted by atomic mass is 10.00. The molecule has 0 aromatic heterocycles. The summed E-state index contributed by atoms with van der Waals surface area (Å²) in [6.45, 7) is 7.43. The van der Waals surface area contributed by atoms with E-state index in [9.17, 15) is 8.42 Å². The quantitative estimate of drug-likeness (QED) is 0.755. The highest BCUT2D eigenvalue weighted by molar-refractivity contribution is 7.89. The number of unbranched alkanes of at least 4 members (excludes halogenated alkanes) is 1. The molecule has 0 saturated carbocycles. The molecule has 1 fully saturated rings. The van der Waals surface area contributed by atoms with Crippen molar-refractivity contribution in [2.75, 3.05) is 31.9 Å². The van der Waals surface area contributed by atoms with Gasteiger partial charge in [0.25, 0.3) is 0 Å². The zero-order chi connectivity index (χ0) is 12.7. The summed E-state index contributed by atoms with van der Waals surface area (Å²) in [6, 6.07) is 0. The van der Waals surface area contributed by atoms with Crippen molar-refractivity contribution in [2.24, 2.45) is 5.92 Å². The second-order valence-electron chi connectivity index (χ2n) is 4.84. The molecule has 1 N–H and O–H groups in total. The van der Waals surface area contributed by atoms with Crippen molar-refractivity contribution in [1.29, 1.82) is 0 Å². The van der Waals surface area contributed by atoms with E-state index in [0.29, 0.717) is 24.8 Å². The monoisotopic (exact) mass is 262 g/mol. The fourth-order valence-corrected chi connectivity index (χ4v) is 4.01. The summed E-state index contributed by atoms with van der Waals surface area (Å²) in [5.74, 6) is 0.803. The van der Waals surface area contributed by atoms with Crippen LogP contribution in [0, 0.1) is 5.92 Å². The molecule has 17 heavy (non-hydrogen) atoms. The van der Waals surface area contributed by atoms with Gasteiger partial charge in [0.05, 0.1) is 5.75 Å². The van der Waals surface area contributed by atoms with Gasteiger partial charge in [-0.3, -0.25) is 0 Å². The van der Waals surface area contributed by atoms with Crippen LogP contribution in [0.5, 0.6) is 0 Å². The van der Waals surface area contributed by atoms with E-state index in [0.717, 1.165) is 38.8 Å². The molecule has 102 valence electrons. The van der Waals surface area contributed by atoms with E-state index in [-0.39, 0.29) is 0 Å². The Labute approximate surface area is 106 Å². The lowest BCUT2D eigenvalue weighted by Crippen LogP contribution is -2.43. The zero-order valence-electron chi connectivity index (χ0n) is 11.1. The third kappa shape index (κ3) is 4.94. The molecule has 1 atom stereocenters. The molecule has 5 heteroatoms. The van der Waals surface area contributed by atoms with Gasteiger partial charge in [0.1, 0.15) is 0 Å². The molecule has 1 saturated heterocycles. The van der Waals surface area contributed by atoms with Crippen LogP contribution in [0.25, 0.3) is 0 Å². The molecule has 1 aliphatic heterocycles. The Kier molecular flexibility index (Phi) is 6.44. The highest BCUT2D eigenvalue weighted by Crippen LogP contribution is 2.19. The third-order valence-electron chi connectivity index (χ3n) is 3.31. The number of nitrogens with one attached hydrogen (secondary N) is 1. The molecule has 1 unspecified atom stereocenters. The van der Waals surface area contributed by atoms with Crippen LogP contribution in [0.3, 0.4) is 0 Å². The largest absolute Gasteiger partial charge is 0.317 e. The molecular weight excluding hydrogens is 236 g/mol. The van der Waals surface area contributed by atoms with E-state index >= 15 is 0 Å². The highest BCUT2D eigenvalue weighted by atomic mass is 32.2. The first-order valence-electron chi connectivity index (χ1n) is 6.78. The molecule has 0 bridgehead atoms. The van der Waals surface area contributed by atoms with Crippen LogP contribution < -0.4 is 5.32 Å². The Balaban J connectivity index is 2.47. The van der Waals surface area contributed by atoms with Gasteiger partial charge in [-0.05, 0) is 38.3 Å². The number of sulfonamides is 1. The van der Waals surface area contributed by atoms with E-state index < -0.39 is 10.0 Å². The van der Waals surface area contributed by atoms with Gasteiger partial charge in [0.2, 0.25) is 10.0 Å². The summed E-state index contributed by atoms with van der Waals surface area (Å²) in [5.41, 5.74) is 0. The predicted molar refractivity (Wildman–Crippen MR) is 71.5 cm³/mol. The van der Waals surface area contributed by atoms with Gasteiger partial charge < -0.3 is 5.32 Å². The maximum absolute atomic E-state index is 12.1. The van der Waals surface area contributed by atoms with Gasteiger partial charge in [0, 0.05) is 13.1 Å². The summed E-state index contributed by atoms with van der Waals surface area (Å²) in [6.07, 6.45) is 3.86. The van der Waals surface area contributed by atoms with Crippen molar-refractivity contribution in [1.82, 2.24) is 9.62 Å². The van der Waals surface area contributed by atoms with Crippen molar-refractivity contribution in [2.45, 2.75) is 39.5 Å². The second kappa shape index (κ2) is 7.34. The summed E-state index contributed by atoms with van der Waals surface area (Å²) in [7, 11) is -3.00. The molecule has 0 aliphatic carbocycles. The maximum atomic E-state index is 12.1. The Bertz CT molecular complexity index is 304. The summed E-state index contributed by atoms with van der Waals surface area (Å²) < 4.78 is 25.8. The minimum atomic E-state index is -3.00. The minimum absolute atomic E-state index is 0.317. The van der Waals surface area contributed by atoms with Crippen LogP contribution in [-0.2, 0) is 10.0 Å². The number of nitrogens with zero attached hydrogens (tertiary/aromatic N) is 1. The van der Waals surface area contributed by atoms with E-state index in [4.69, 9.17) is 0 Å². The SMILES string of the molecule is CCCCS(=O)(=O)N1CCCC(CNCC)C1. The fourth-order valence-electron chi connectivity index (χ4n) is 2.25. The van der Waals surface area contributed by atoms with Gasteiger partial charge >= 0.3 is 0 Å². The van der Waals surface area contributed by atoms with Gasteiger partial charge in [-0.25, -0.2) is 12.7 Å². The van der Waals surface area contributed by atoms with Crippen LogP contribution in [0.4, 0.5) is 0 Å². The second-order valence-corrected chi connectivity index (χ2v) is 6.93. The molecule has 0 aromatic rings. The molecule has 0 spiro atoms. The van der Waals surface area contributed by atoms with Crippen molar-refractivity contribution in [3.8, 4) is 0 Å². The number of hydrogen-bond acceptors (Lipinski definition) is 3. The average molecular weight is 262 g/mol. The van der Waals surface area contributed by atoms with Crippen LogP contribution in [0.1, 0.15) is 39.5 Å². The topological polar surface area (TPSA) is 49.4 Å². The molecule has 1 rings (SSSR count). The molecule has 1 aliphatic rings. The van der Waals surface area contributed by atoms with Crippen molar-refractivity contribution in [3.63, 3.8) is 0 Å². The van der Waals surface area contributed by atoms with Gasteiger partial charge in [-0.2, -0.15) is 0 Å².